The predicted octanol–water partition coefficient (Wildman–Crippen LogP) is 3.29. The molecule has 1 aromatic carbocycles. The van der Waals surface area contributed by atoms with Gasteiger partial charge in [-0.05, 0) is 43.1 Å². The van der Waals surface area contributed by atoms with E-state index in [4.69, 9.17) is 31.3 Å². The van der Waals surface area contributed by atoms with E-state index in [2.05, 4.69) is 15.2 Å². The van der Waals surface area contributed by atoms with E-state index in [0.29, 0.717) is 42.9 Å². The zero-order valence-electron chi connectivity index (χ0n) is 22.4. The standard InChI is InChI=1S/C25H30ClN5O3.C2HF3O2/c1-34-14-9-24(32)28-11-13-30-12-2-3-20(30)17-31-25(33)21-8-10-27-16-22(21)23(29-31)15-18-4-6-19(26)7-5-18;3-2(4,5)1(6)7/h4-8,10,16,20H,2-3,9,11-15,17H2,1H3,(H,28,32);(H,6,7)/t20-;/m1./s1. The van der Waals surface area contributed by atoms with Crippen molar-refractivity contribution in [2.45, 2.75) is 44.4 Å². The molecule has 14 heteroatoms. The number of aromatic nitrogens is 3. The van der Waals surface area contributed by atoms with Crippen molar-refractivity contribution in [2.75, 3.05) is 33.4 Å². The van der Waals surface area contributed by atoms with Crippen LogP contribution in [-0.4, -0.2) is 82.2 Å². The fourth-order valence-electron chi connectivity index (χ4n) is 4.46. The van der Waals surface area contributed by atoms with Crippen molar-refractivity contribution in [2.24, 2.45) is 0 Å². The lowest BCUT2D eigenvalue weighted by molar-refractivity contribution is -0.192. The maximum Gasteiger partial charge on any atom is 0.490 e. The molecule has 1 aliphatic rings. The quantitative estimate of drug-likeness (QED) is 0.365. The number of benzene rings is 1. The molecular formula is C27H31ClF3N5O5. The Labute approximate surface area is 239 Å². The molecular weight excluding hydrogens is 567 g/mol. The number of nitrogens with one attached hydrogen (secondary N) is 1. The summed E-state index contributed by atoms with van der Waals surface area (Å²) in [7, 11) is 1.59. The van der Waals surface area contributed by atoms with E-state index in [9.17, 15) is 22.8 Å². The number of carbonyl (C=O) groups excluding carboxylic acids is 1. The topological polar surface area (TPSA) is 127 Å². The Morgan fingerprint density at radius 3 is 2.56 bits per heavy atom. The van der Waals surface area contributed by atoms with Crippen molar-refractivity contribution < 1.29 is 32.6 Å². The number of carboxylic acid groups (broad SMARTS) is 1. The van der Waals surface area contributed by atoms with E-state index in [-0.39, 0.29) is 17.5 Å². The lowest BCUT2D eigenvalue weighted by atomic mass is 10.1. The summed E-state index contributed by atoms with van der Waals surface area (Å²) in [5.41, 5.74) is 1.79. The van der Waals surface area contributed by atoms with E-state index in [1.165, 1.54) is 0 Å². The third-order valence-corrected chi connectivity index (χ3v) is 6.75. The van der Waals surface area contributed by atoms with E-state index in [1.807, 2.05) is 24.3 Å². The number of fused-ring (bicyclic) bond motifs is 1. The number of hydrogen-bond donors (Lipinski definition) is 2. The van der Waals surface area contributed by atoms with Gasteiger partial charge in [0.25, 0.3) is 5.56 Å². The molecule has 1 saturated heterocycles. The number of carboxylic acids is 1. The van der Waals surface area contributed by atoms with Gasteiger partial charge in [0, 0.05) is 61.9 Å². The smallest absolute Gasteiger partial charge is 0.475 e. The monoisotopic (exact) mass is 597 g/mol. The number of methoxy groups -OCH3 is 1. The van der Waals surface area contributed by atoms with Crippen LogP contribution in [-0.2, 0) is 27.3 Å². The van der Waals surface area contributed by atoms with Crippen molar-refractivity contribution in [3.63, 3.8) is 0 Å². The SMILES string of the molecule is COCCC(=O)NCCN1CCC[C@@H]1Cn1nc(Cc2ccc(Cl)cc2)c2cnccc2c1=O.O=C(O)C(F)(F)F. The second-order valence-electron chi connectivity index (χ2n) is 9.39. The van der Waals surface area contributed by atoms with Crippen LogP contribution in [0.15, 0.2) is 47.5 Å². The van der Waals surface area contributed by atoms with Gasteiger partial charge in [-0.15, -0.1) is 0 Å². The molecule has 0 aliphatic carbocycles. The number of hydrogen-bond acceptors (Lipinski definition) is 7. The number of amides is 1. The van der Waals surface area contributed by atoms with Crippen molar-refractivity contribution >= 4 is 34.2 Å². The Kier molecular flexibility index (Phi) is 11.6. The Balaban J connectivity index is 0.000000587. The minimum absolute atomic E-state index is 0.00883. The van der Waals surface area contributed by atoms with Crippen molar-refractivity contribution in [3.8, 4) is 0 Å². The zero-order valence-corrected chi connectivity index (χ0v) is 23.1. The van der Waals surface area contributed by atoms with Gasteiger partial charge in [-0.3, -0.25) is 19.5 Å². The molecule has 3 heterocycles. The molecule has 1 atom stereocenters. The first kappa shape index (κ1) is 32.0. The molecule has 1 aliphatic heterocycles. The Bertz CT molecular complexity index is 1380. The van der Waals surface area contributed by atoms with Gasteiger partial charge in [0.2, 0.25) is 5.91 Å². The summed E-state index contributed by atoms with van der Waals surface area (Å²) in [6.45, 7) is 3.20. The van der Waals surface area contributed by atoms with E-state index in [1.54, 1.807) is 30.3 Å². The molecule has 2 aromatic heterocycles. The van der Waals surface area contributed by atoms with Gasteiger partial charge < -0.3 is 15.2 Å². The van der Waals surface area contributed by atoms with E-state index >= 15 is 0 Å². The van der Waals surface area contributed by atoms with Gasteiger partial charge in [-0.25, -0.2) is 9.48 Å². The lowest BCUT2D eigenvalue weighted by Crippen LogP contribution is -2.41. The van der Waals surface area contributed by atoms with Crippen LogP contribution in [0.4, 0.5) is 13.2 Å². The number of carbonyl (C=O) groups is 2. The number of ether oxygens (including phenoxy) is 1. The molecule has 3 aromatic rings. The number of alkyl halides is 3. The summed E-state index contributed by atoms with van der Waals surface area (Å²) < 4.78 is 38.3. The lowest BCUT2D eigenvalue weighted by Gasteiger charge is -2.25. The first-order valence-electron chi connectivity index (χ1n) is 12.9. The molecule has 222 valence electrons. The highest BCUT2D eigenvalue weighted by Gasteiger charge is 2.38. The number of likely N-dealkylation sites (tertiary alicyclic amines) is 1. The van der Waals surface area contributed by atoms with E-state index < -0.39 is 12.1 Å². The van der Waals surface area contributed by atoms with Gasteiger partial charge in [-0.1, -0.05) is 23.7 Å². The molecule has 1 fully saturated rings. The number of rotatable bonds is 10. The average molecular weight is 598 g/mol. The summed E-state index contributed by atoms with van der Waals surface area (Å²) >= 11 is 6.04. The van der Waals surface area contributed by atoms with Crippen LogP contribution in [0.2, 0.25) is 5.02 Å². The minimum atomic E-state index is -5.08. The third kappa shape index (κ3) is 9.51. The van der Waals surface area contributed by atoms with Crippen molar-refractivity contribution in [3.05, 3.63) is 69.4 Å². The highest BCUT2D eigenvalue weighted by Crippen LogP contribution is 2.20. The highest BCUT2D eigenvalue weighted by molar-refractivity contribution is 6.30. The van der Waals surface area contributed by atoms with Crippen LogP contribution < -0.4 is 10.9 Å². The molecule has 0 unspecified atom stereocenters. The maximum absolute atomic E-state index is 13.2. The second-order valence-corrected chi connectivity index (χ2v) is 9.82. The molecule has 2 N–H and O–H groups in total. The van der Waals surface area contributed by atoms with Gasteiger partial charge in [0.15, 0.2) is 0 Å². The number of aliphatic carboxylic acids is 1. The van der Waals surface area contributed by atoms with Crippen LogP contribution in [0.3, 0.4) is 0 Å². The number of pyridine rings is 1. The molecule has 4 rings (SSSR count). The van der Waals surface area contributed by atoms with Gasteiger partial charge in [0.05, 0.1) is 24.2 Å². The molecule has 0 spiro atoms. The fraction of sp³-hybridized carbons (Fsp3) is 0.444. The first-order valence-corrected chi connectivity index (χ1v) is 13.3. The fourth-order valence-corrected chi connectivity index (χ4v) is 4.59. The first-order chi connectivity index (χ1) is 19.5. The van der Waals surface area contributed by atoms with Crippen LogP contribution in [0.5, 0.6) is 0 Å². The van der Waals surface area contributed by atoms with Gasteiger partial charge in [-0.2, -0.15) is 18.3 Å². The number of nitrogens with zero attached hydrogens (tertiary/aromatic N) is 4. The average Bonchev–Trinajstić information content (AvgIpc) is 3.37. The van der Waals surface area contributed by atoms with Gasteiger partial charge in [0.1, 0.15) is 0 Å². The Morgan fingerprint density at radius 1 is 1.20 bits per heavy atom. The zero-order chi connectivity index (χ0) is 30.0. The number of halogens is 4. The third-order valence-electron chi connectivity index (χ3n) is 6.50. The molecule has 0 saturated carbocycles. The van der Waals surface area contributed by atoms with E-state index in [0.717, 1.165) is 42.6 Å². The largest absolute Gasteiger partial charge is 0.490 e. The maximum atomic E-state index is 13.2. The summed E-state index contributed by atoms with van der Waals surface area (Å²) in [4.78, 5) is 40.5. The van der Waals surface area contributed by atoms with Crippen molar-refractivity contribution in [1.29, 1.82) is 0 Å². The minimum Gasteiger partial charge on any atom is -0.475 e. The molecule has 1 amide bonds. The van der Waals surface area contributed by atoms with Crippen LogP contribution in [0.1, 0.15) is 30.5 Å². The normalized spacial score (nSPS) is 15.4. The summed E-state index contributed by atoms with van der Waals surface area (Å²) in [5.74, 6) is -2.77. The molecule has 0 radical (unpaired) electrons. The molecule has 10 nitrogen and oxygen atoms in total. The van der Waals surface area contributed by atoms with Gasteiger partial charge >= 0.3 is 12.1 Å². The second kappa shape index (κ2) is 14.9. The van der Waals surface area contributed by atoms with Crippen molar-refractivity contribution in [1.82, 2.24) is 25.0 Å². The Morgan fingerprint density at radius 2 is 1.90 bits per heavy atom. The summed E-state index contributed by atoms with van der Waals surface area (Å²) in [5, 5.41) is 16.9. The van der Waals surface area contributed by atoms with Crippen LogP contribution >= 0.6 is 11.6 Å². The van der Waals surface area contributed by atoms with Crippen LogP contribution in [0.25, 0.3) is 10.8 Å². The summed E-state index contributed by atoms with van der Waals surface area (Å²) in [6, 6.07) is 9.63. The molecule has 0 bridgehead atoms. The molecule has 41 heavy (non-hydrogen) atoms. The predicted molar refractivity (Wildman–Crippen MR) is 146 cm³/mol. The Hall–Kier alpha value is -3.55. The van der Waals surface area contributed by atoms with Crippen LogP contribution in [0, 0.1) is 0 Å². The summed E-state index contributed by atoms with van der Waals surface area (Å²) in [6.07, 6.45) is 1.28. The highest BCUT2D eigenvalue weighted by atomic mass is 35.5.